The topological polar surface area (TPSA) is 0 Å². The first-order valence-corrected chi connectivity index (χ1v) is 24.4. The minimum atomic E-state index is 0.261. The second-order valence-electron chi connectivity index (χ2n) is 18.3. The standard InChI is InChI=1S/C64H48S/c1-3-19-41(20-4-1)45-23-7-9-25-47(45)63-53-31-15-11-27-49(53)61(50-28-12-16-32-54(50)63)43-35-37-59-57(39-43)58-40-44(36-38-60(58)65-59)62-51-29-13-17-33-55(51)64(56-34-18-14-30-52(56)62)48-26-10-8-24-46(48)42-21-5-2-6-22-42/h1-5,7-13,15-17,19,21,23-27,29-41,50H,6,14,18,20,22,28H2. The predicted molar refractivity (Wildman–Crippen MR) is 280 cm³/mol. The van der Waals surface area contributed by atoms with E-state index in [1.807, 2.05) is 11.3 Å². The van der Waals surface area contributed by atoms with E-state index in [0.717, 1.165) is 38.5 Å². The third-order valence-electron chi connectivity index (χ3n) is 14.7. The van der Waals surface area contributed by atoms with Crippen molar-refractivity contribution < 1.29 is 0 Å². The van der Waals surface area contributed by atoms with Gasteiger partial charge in [0.15, 0.2) is 0 Å². The van der Waals surface area contributed by atoms with Crippen molar-refractivity contribution in [3.05, 3.63) is 243 Å². The van der Waals surface area contributed by atoms with Crippen molar-refractivity contribution in [2.75, 3.05) is 0 Å². The van der Waals surface area contributed by atoms with Crippen LogP contribution in [0.25, 0.3) is 82.1 Å². The summed E-state index contributed by atoms with van der Waals surface area (Å²) in [4.78, 5) is 0. The average Bonchev–Trinajstić information content (AvgIpc) is 3.75. The van der Waals surface area contributed by atoms with Crippen molar-refractivity contribution in [3.8, 4) is 22.3 Å². The molecule has 5 aliphatic rings. The van der Waals surface area contributed by atoms with Crippen LogP contribution in [-0.2, 0) is 0 Å². The van der Waals surface area contributed by atoms with Crippen LogP contribution >= 0.6 is 11.3 Å². The zero-order chi connectivity index (χ0) is 42.8. The van der Waals surface area contributed by atoms with Gasteiger partial charge in [-0.2, -0.15) is 0 Å². The van der Waals surface area contributed by atoms with Crippen LogP contribution in [-0.4, -0.2) is 0 Å². The minimum absolute atomic E-state index is 0.261. The molecule has 0 spiro atoms. The highest BCUT2D eigenvalue weighted by Crippen LogP contribution is 2.45. The monoisotopic (exact) mass is 848 g/mol. The molecule has 0 aliphatic heterocycles. The molecule has 8 aromatic rings. The Labute approximate surface area is 384 Å². The van der Waals surface area contributed by atoms with Crippen LogP contribution < -0.4 is 20.9 Å². The van der Waals surface area contributed by atoms with E-state index in [2.05, 4.69) is 206 Å². The van der Waals surface area contributed by atoms with Gasteiger partial charge >= 0.3 is 0 Å². The van der Waals surface area contributed by atoms with Gasteiger partial charge in [0.2, 0.25) is 0 Å². The van der Waals surface area contributed by atoms with Gasteiger partial charge in [0.1, 0.15) is 0 Å². The fraction of sp³-hybridized carbons (Fsp3) is 0.125. The Bertz CT molecular complexity index is 3780. The lowest BCUT2D eigenvalue weighted by atomic mass is 9.71. The number of fused-ring (bicyclic) bond motifs is 7. The molecular formula is C64H48S. The summed E-state index contributed by atoms with van der Waals surface area (Å²) in [6.45, 7) is 0. The van der Waals surface area contributed by atoms with Crippen LogP contribution in [0.2, 0.25) is 0 Å². The molecule has 0 saturated heterocycles. The summed E-state index contributed by atoms with van der Waals surface area (Å²) >= 11 is 1.92. The van der Waals surface area contributed by atoms with Crippen LogP contribution in [0.4, 0.5) is 0 Å². The first kappa shape index (κ1) is 38.4. The molecule has 0 saturated carbocycles. The number of rotatable bonds is 6. The Morgan fingerprint density at radius 2 is 1.14 bits per heavy atom. The Balaban J connectivity index is 1.01. The maximum absolute atomic E-state index is 2.53. The fourth-order valence-corrected chi connectivity index (χ4v) is 12.9. The number of hydrogen-bond donors (Lipinski definition) is 0. The largest absolute Gasteiger partial charge is 0.135 e. The van der Waals surface area contributed by atoms with Crippen molar-refractivity contribution in [2.45, 2.75) is 44.4 Å². The Morgan fingerprint density at radius 1 is 0.477 bits per heavy atom. The van der Waals surface area contributed by atoms with Crippen molar-refractivity contribution in [1.29, 1.82) is 0 Å². The van der Waals surface area contributed by atoms with E-state index in [-0.39, 0.29) is 5.92 Å². The van der Waals surface area contributed by atoms with E-state index in [0.29, 0.717) is 5.92 Å². The van der Waals surface area contributed by atoms with Gasteiger partial charge in [0.05, 0.1) is 0 Å². The molecule has 0 amide bonds. The summed E-state index contributed by atoms with van der Waals surface area (Å²) in [6, 6.07) is 51.3. The van der Waals surface area contributed by atoms with Gasteiger partial charge < -0.3 is 0 Å². The molecule has 7 aromatic carbocycles. The van der Waals surface area contributed by atoms with Crippen LogP contribution in [0.5, 0.6) is 0 Å². The maximum Gasteiger partial charge on any atom is 0.0355 e. The lowest BCUT2D eigenvalue weighted by molar-refractivity contribution is 0.795. The van der Waals surface area contributed by atoms with E-state index in [9.17, 15) is 0 Å². The quantitative estimate of drug-likeness (QED) is 0.156. The number of thiophene rings is 1. The molecule has 0 nitrogen and oxygen atoms in total. The third kappa shape index (κ3) is 6.32. The SMILES string of the molecule is C1=CCCC(c2ccccc2-c2c3c(c(-c4ccc5sc6ccc(C7=c8ccccc8=C(c8ccccc8C8C=CC=CC8)C8=CC=CCC87)cc6c5c4)c4ccccc24)=CCCC=3)=C1. The highest BCUT2D eigenvalue weighted by atomic mass is 32.1. The van der Waals surface area contributed by atoms with Gasteiger partial charge in [-0.1, -0.05) is 182 Å². The molecule has 13 rings (SSSR count). The van der Waals surface area contributed by atoms with E-state index in [4.69, 9.17) is 0 Å². The summed E-state index contributed by atoms with van der Waals surface area (Å²) in [6.07, 6.45) is 34.3. The lowest BCUT2D eigenvalue weighted by Crippen LogP contribution is -2.38. The third-order valence-corrected chi connectivity index (χ3v) is 15.8. The summed E-state index contributed by atoms with van der Waals surface area (Å²) in [5.74, 6) is 0.631. The summed E-state index contributed by atoms with van der Waals surface area (Å²) in [5, 5.41) is 10.8. The molecule has 5 aliphatic carbocycles. The summed E-state index contributed by atoms with van der Waals surface area (Å²) in [5.41, 5.74) is 16.5. The van der Waals surface area contributed by atoms with E-state index >= 15 is 0 Å². The molecule has 1 aromatic heterocycles. The van der Waals surface area contributed by atoms with Crippen LogP contribution in [0.15, 0.2) is 200 Å². The van der Waals surface area contributed by atoms with Crippen molar-refractivity contribution in [3.63, 3.8) is 0 Å². The molecule has 310 valence electrons. The van der Waals surface area contributed by atoms with Gasteiger partial charge in [-0.3, -0.25) is 0 Å². The molecule has 2 atom stereocenters. The normalized spacial score (nSPS) is 18.5. The highest BCUT2D eigenvalue weighted by Gasteiger charge is 2.31. The minimum Gasteiger partial charge on any atom is -0.135 e. The Morgan fingerprint density at radius 3 is 1.92 bits per heavy atom. The predicted octanol–water partition coefficient (Wildman–Crippen LogP) is 14.1. The summed E-state index contributed by atoms with van der Waals surface area (Å²) in [7, 11) is 0. The van der Waals surface area contributed by atoms with Gasteiger partial charge in [-0.05, 0) is 161 Å². The molecule has 2 unspecified atom stereocenters. The first-order valence-electron chi connectivity index (χ1n) is 23.6. The van der Waals surface area contributed by atoms with Crippen molar-refractivity contribution >= 4 is 71.2 Å². The molecule has 1 heteroatoms. The maximum atomic E-state index is 2.53. The van der Waals surface area contributed by atoms with E-state index in [1.165, 1.54) is 119 Å². The zero-order valence-corrected chi connectivity index (χ0v) is 37.3. The van der Waals surface area contributed by atoms with Crippen LogP contribution in [0, 0.1) is 5.92 Å². The first-order chi connectivity index (χ1) is 32.3. The molecule has 0 bridgehead atoms. The molecule has 65 heavy (non-hydrogen) atoms. The van der Waals surface area contributed by atoms with Crippen LogP contribution in [0.3, 0.4) is 0 Å². The zero-order valence-electron chi connectivity index (χ0n) is 36.4. The van der Waals surface area contributed by atoms with Gasteiger partial charge in [0.25, 0.3) is 0 Å². The Kier molecular flexibility index (Phi) is 9.38. The highest BCUT2D eigenvalue weighted by molar-refractivity contribution is 7.25. The number of benzene rings is 7. The second kappa shape index (κ2) is 15.9. The van der Waals surface area contributed by atoms with Crippen LogP contribution in [0.1, 0.15) is 66.7 Å². The molecule has 0 fully saturated rings. The number of hydrogen-bond acceptors (Lipinski definition) is 1. The van der Waals surface area contributed by atoms with Gasteiger partial charge in [-0.25, -0.2) is 0 Å². The average molecular weight is 849 g/mol. The smallest absolute Gasteiger partial charge is 0.0355 e. The fourth-order valence-electron chi connectivity index (χ4n) is 11.8. The van der Waals surface area contributed by atoms with E-state index < -0.39 is 0 Å². The van der Waals surface area contributed by atoms with E-state index in [1.54, 1.807) is 0 Å². The second-order valence-corrected chi connectivity index (χ2v) is 19.3. The van der Waals surface area contributed by atoms with Crippen molar-refractivity contribution in [1.82, 2.24) is 0 Å². The van der Waals surface area contributed by atoms with Gasteiger partial charge in [-0.15, -0.1) is 11.3 Å². The molecule has 0 radical (unpaired) electrons. The van der Waals surface area contributed by atoms with Crippen molar-refractivity contribution in [2.24, 2.45) is 5.92 Å². The van der Waals surface area contributed by atoms with Gasteiger partial charge in [0, 0.05) is 32.0 Å². The summed E-state index contributed by atoms with van der Waals surface area (Å²) < 4.78 is 2.68. The number of allylic oxidation sites excluding steroid dienone is 12. The molecule has 1 heterocycles. The lowest BCUT2D eigenvalue weighted by Gasteiger charge is -2.32. The molecule has 0 N–H and O–H groups in total. The Hall–Kier alpha value is -7.06. The molecular weight excluding hydrogens is 801 g/mol.